The van der Waals surface area contributed by atoms with E-state index >= 15 is 0 Å². The molecule has 0 heterocycles. The van der Waals surface area contributed by atoms with Crippen LogP contribution >= 0.6 is 0 Å². The van der Waals surface area contributed by atoms with E-state index in [1.807, 2.05) is 20.0 Å². The molecule has 0 saturated carbocycles. The minimum Gasteiger partial charge on any atom is -0.393 e. The summed E-state index contributed by atoms with van der Waals surface area (Å²) < 4.78 is 11.1. The summed E-state index contributed by atoms with van der Waals surface area (Å²) in [6.07, 6.45) is 0.932. The van der Waals surface area contributed by atoms with E-state index in [9.17, 15) is 0 Å². The van der Waals surface area contributed by atoms with Crippen molar-refractivity contribution in [2.75, 3.05) is 19.8 Å². The zero-order valence-electron chi connectivity index (χ0n) is 8.88. The highest BCUT2D eigenvalue weighted by atomic mass is 28.4. The maximum atomic E-state index is 5.73. The molecule has 1 atom stereocenters. The van der Waals surface area contributed by atoms with Crippen LogP contribution in [-0.4, -0.2) is 34.4 Å². The molecule has 0 fully saturated rings. The van der Waals surface area contributed by atoms with Gasteiger partial charge in [0.1, 0.15) is 0 Å². The molecule has 0 aliphatic rings. The van der Waals surface area contributed by atoms with Crippen molar-refractivity contribution in [1.29, 1.82) is 0 Å². The van der Waals surface area contributed by atoms with Crippen LogP contribution in [-0.2, 0) is 8.85 Å². The smallest absolute Gasteiger partial charge is 0.331 e. The van der Waals surface area contributed by atoms with Crippen LogP contribution in [0.2, 0.25) is 13.1 Å². The second-order valence-corrected chi connectivity index (χ2v) is 6.89. The highest BCUT2D eigenvalue weighted by molar-refractivity contribution is 6.64. The normalized spacial score (nSPS) is 14.5. The van der Waals surface area contributed by atoms with Gasteiger partial charge in [-0.3, -0.25) is 0 Å². The lowest BCUT2D eigenvalue weighted by molar-refractivity contribution is 0.172. The molecule has 0 aliphatic carbocycles. The first-order valence-electron chi connectivity index (χ1n) is 4.75. The molecule has 4 N–H and O–H groups in total. The Labute approximate surface area is 81.8 Å². The molecule has 0 aromatic heterocycles. The largest absolute Gasteiger partial charge is 0.393 e. The summed E-state index contributed by atoms with van der Waals surface area (Å²) in [6.45, 7) is 7.75. The standard InChI is InChI=1S/C8H22N2O2Si/c1-4-8(10)7-12-13(2,3)11-6-5-9/h8H,4-7,9-10H2,1-3H3. The minimum atomic E-state index is -1.96. The average molecular weight is 206 g/mol. The lowest BCUT2D eigenvalue weighted by Gasteiger charge is -2.24. The summed E-state index contributed by atoms with van der Waals surface area (Å²) in [7, 11) is -1.96. The summed E-state index contributed by atoms with van der Waals surface area (Å²) in [6, 6.07) is 0.119. The Morgan fingerprint density at radius 1 is 1.31 bits per heavy atom. The summed E-state index contributed by atoms with van der Waals surface area (Å²) >= 11 is 0. The van der Waals surface area contributed by atoms with Crippen molar-refractivity contribution in [3.8, 4) is 0 Å². The van der Waals surface area contributed by atoms with E-state index in [2.05, 4.69) is 0 Å². The van der Waals surface area contributed by atoms with E-state index < -0.39 is 8.56 Å². The summed E-state index contributed by atoms with van der Waals surface area (Å²) in [4.78, 5) is 0. The molecule has 13 heavy (non-hydrogen) atoms. The molecule has 0 aliphatic heterocycles. The third-order valence-electron chi connectivity index (χ3n) is 1.74. The number of nitrogens with two attached hydrogens (primary N) is 2. The highest BCUT2D eigenvalue weighted by Crippen LogP contribution is 2.06. The van der Waals surface area contributed by atoms with Crippen molar-refractivity contribution in [3.05, 3.63) is 0 Å². The molecule has 5 heteroatoms. The Balaban J connectivity index is 3.61. The maximum Gasteiger partial charge on any atom is 0.331 e. The predicted octanol–water partition coefficient (Wildman–Crippen LogP) is 0.417. The van der Waals surface area contributed by atoms with Crippen LogP contribution in [0.1, 0.15) is 13.3 Å². The second-order valence-electron chi connectivity index (χ2n) is 3.52. The maximum absolute atomic E-state index is 5.73. The Morgan fingerprint density at radius 2 is 1.92 bits per heavy atom. The van der Waals surface area contributed by atoms with Gasteiger partial charge < -0.3 is 20.3 Å². The third kappa shape index (κ3) is 7.15. The monoisotopic (exact) mass is 206 g/mol. The molecular weight excluding hydrogens is 184 g/mol. The minimum absolute atomic E-state index is 0.119. The van der Waals surface area contributed by atoms with Gasteiger partial charge in [0.25, 0.3) is 0 Å². The van der Waals surface area contributed by atoms with Crippen molar-refractivity contribution in [2.45, 2.75) is 32.5 Å². The molecule has 0 bridgehead atoms. The zero-order valence-corrected chi connectivity index (χ0v) is 9.88. The molecule has 0 aromatic carbocycles. The van der Waals surface area contributed by atoms with Crippen LogP contribution in [0.5, 0.6) is 0 Å². The first-order chi connectivity index (χ1) is 6.02. The molecule has 0 spiro atoms. The lowest BCUT2D eigenvalue weighted by atomic mass is 10.3. The Kier molecular flexibility index (Phi) is 6.53. The van der Waals surface area contributed by atoms with Crippen LogP contribution < -0.4 is 11.5 Å². The van der Waals surface area contributed by atoms with E-state index in [-0.39, 0.29) is 6.04 Å². The molecule has 0 amide bonds. The SMILES string of the molecule is CCC(N)CO[Si](C)(C)OCCN. The van der Waals surface area contributed by atoms with Crippen molar-refractivity contribution in [2.24, 2.45) is 11.5 Å². The van der Waals surface area contributed by atoms with Gasteiger partial charge in [-0.15, -0.1) is 0 Å². The van der Waals surface area contributed by atoms with Crippen molar-refractivity contribution >= 4 is 8.56 Å². The van der Waals surface area contributed by atoms with Crippen LogP contribution in [0.25, 0.3) is 0 Å². The van der Waals surface area contributed by atoms with Gasteiger partial charge in [-0.2, -0.15) is 0 Å². The Morgan fingerprint density at radius 3 is 2.38 bits per heavy atom. The van der Waals surface area contributed by atoms with Crippen LogP contribution in [0, 0.1) is 0 Å². The molecule has 0 rings (SSSR count). The van der Waals surface area contributed by atoms with E-state index in [1.54, 1.807) is 0 Å². The van der Waals surface area contributed by atoms with Crippen LogP contribution in [0.4, 0.5) is 0 Å². The number of hydrogen-bond acceptors (Lipinski definition) is 4. The van der Waals surface area contributed by atoms with E-state index in [1.165, 1.54) is 0 Å². The fourth-order valence-electron chi connectivity index (χ4n) is 0.772. The van der Waals surface area contributed by atoms with Crippen LogP contribution in [0.3, 0.4) is 0 Å². The first-order valence-corrected chi connectivity index (χ1v) is 7.57. The number of rotatable bonds is 7. The predicted molar refractivity (Wildman–Crippen MR) is 56.7 cm³/mol. The molecule has 4 nitrogen and oxygen atoms in total. The van der Waals surface area contributed by atoms with Gasteiger partial charge in [0.15, 0.2) is 0 Å². The van der Waals surface area contributed by atoms with Gasteiger partial charge in [0.2, 0.25) is 0 Å². The third-order valence-corrected chi connectivity index (χ3v) is 3.50. The Hall–Kier alpha value is 0.0569. The van der Waals surface area contributed by atoms with E-state index in [0.717, 1.165) is 6.42 Å². The summed E-state index contributed by atoms with van der Waals surface area (Å²) in [5.74, 6) is 0. The van der Waals surface area contributed by atoms with Gasteiger partial charge >= 0.3 is 8.56 Å². The molecule has 0 saturated heterocycles. The van der Waals surface area contributed by atoms with Crippen molar-refractivity contribution < 1.29 is 8.85 Å². The molecule has 1 unspecified atom stereocenters. The average Bonchev–Trinajstić information content (AvgIpc) is 2.11. The van der Waals surface area contributed by atoms with Gasteiger partial charge in [-0.1, -0.05) is 6.92 Å². The summed E-state index contributed by atoms with van der Waals surface area (Å²) in [5.41, 5.74) is 11.1. The number of hydrogen-bond donors (Lipinski definition) is 2. The quantitative estimate of drug-likeness (QED) is 0.592. The van der Waals surface area contributed by atoms with E-state index in [0.29, 0.717) is 19.8 Å². The first kappa shape index (κ1) is 13.1. The topological polar surface area (TPSA) is 70.5 Å². The molecule has 0 aromatic rings. The summed E-state index contributed by atoms with van der Waals surface area (Å²) in [5, 5.41) is 0. The fourth-order valence-corrected chi connectivity index (χ4v) is 2.08. The van der Waals surface area contributed by atoms with Gasteiger partial charge in [-0.05, 0) is 19.5 Å². The van der Waals surface area contributed by atoms with Gasteiger partial charge in [0.05, 0.1) is 6.61 Å². The molecule has 0 radical (unpaired) electrons. The van der Waals surface area contributed by atoms with Crippen molar-refractivity contribution in [3.63, 3.8) is 0 Å². The highest BCUT2D eigenvalue weighted by Gasteiger charge is 2.24. The van der Waals surface area contributed by atoms with Crippen molar-refractivity contribution in [1.82, 2.24) is 0 Å². The van der Waals surface area contributed by atoms with E-state index in [4.69, 9.17) is 20.3 Å². The van der Waals surface area contributed by atoms with Gasteiger partial charge in [0, 0.05) is 19.2 Å². The Bertz CT molecular complexity index is 133. The molecule has 80 valence electrons. The van der Waals surface area contributed by atoms with Crippen LogP contribution in [0.15, 0.2) is 0 Å². The lowest BCUT2D eigenvalue weighted by Crippen LogP contribution is -2.40. The van der Waals surface area contributed by atoms with Gasteiger partial charge in [-0.25, -0.2) is 0 Å². The molecular formula is C8H22N2O2Si. The fraction of sp³-hybridized carbons (Fsp3) is 1.00. The second kappa shape index (κ2) is 6.50. The zero-order chi connectivity index (χ0) is 10.3.